The normalized spacial score (nSPS) is 22.0. The predicted octanol–water partition coefficient (Wildman–Crippen LogP) is 0.608. The van der Waals surface area contributed by atoms with E-state index in [0.717, 1.165) is 19.3 Å². The smallest absolute Gasteiger partial charge is 0.243 e. The molecule has 3 heteroatoms. The van der Waals surface area contributed by atoms with E-state index >= 15 is 0 Å². The van der Waals surface area contributed by atoms with E-state index in [0.29, 0.717) is 13.0 Å². The molecule has 1 rings (SSSR count). The van der Waals surface area contributed by atoms with Gasteiger partial charge in [0.1, 0.15) is 0 Å². The molecule has 0 radical (unpaired) electrons. The lowest BCUT2D eigenvalue weighted by Crippen LogP contribution is -2.25. The van der Waals surface area contributed by atoms with Crippen LogP contribution < -0.4 is 5.48 Å². The van der Waals surface area contributed by atoms with Crippen molar-refractivity contribution in [2.24, 2.45) is 0 Å². The molecule has 0 aromatic carbocycles. The van der Waals surface area contributed by atoms with Crippen LogP contribution in [0.15, 0.2) is 0 Å². The number of carbonyl (C=O) groups is 1. The number of nitrogens with one attached hydrogen (secondary N) is 1. The minimum atomic E-state index is 0.00898. The monoisotopic (exact) mass is 129 g/mol. The van der Waals surface area contributed by atoms with Crippen molar-refractivity contribution in [3.63, 3.8) is 0 Å². The summed E-state index contributed by atoms with van der Waals surface area (Å²) < 4.78 is 0. The van der Waals surface area contributed by atoms with Gasteiger partial charge in [-0.15, -0.1) is 0 Å². The van der Waals surface area contributed by atoms with Crippen LogP contribution in [0.4, 0.5) is 0 Å². The van der Waals surface area contributed by atoms with Crippen LogP contribution in [0.2, 0.25) is 0 Å². The minimum Gasteiger partial charge on any atom is -0.274 e. The molecule has 1 aliphatic rings. The van der Waals surface area contributed by atoms with Gasteiger partial charge in [-0.3, -0.25) is 9.63 Å². The molecule has 0 unspecified atom stereocenters. The predicted molar refractivity (Wildman–Crippen MR) is 32.6 cm³/mol. The van der Waals surface area contributed by atoms with Gasteiger partial charge in [0.25, 0.3) is 0 Å². The fraction of sp³-hybridized carbons (Fsp3) is 0.833. The van der Waals surface area contributed by atoms with E-state index in [1.807, 2.05) is 0 Å². The van der Waals surface area contributed by atoms with Crippen molar-refractivity contribution in [1.29, 1.82) is 0 Å². The van der Waals surface area contributed by atoms with E-state index in [1.54, 1.807) is 0 Å². The summed E-state index contributed by atoms with van der Waals surface area (Å²) in [6, 6.07) is 0. The lowest BCUT2D eigenvalue weighted by Gasteiger charge is -2.08. The van der Waals surface area contributed by atoms with E-state index in [1.165, 1.54) is 0 Å². The van der Waals surface area contributed by atoms with Gasteiger partial charge in [0.15, 0.2) is 0 Å². The van der Waals surface area contributed by atoms with E-state index in [2.05, 4.69) is 5.48 Å². The molecule has 52 valence electrons. The number of hydroxylamine groups is 1. The maximum absolute atomic E-state index is 10.6. The van der Waals surface area contributed by atoms with Gasteiger partial charge < -0.3 is 0 Å². The lowest BCUT2D eigenvalue weighted by molar-refractivity contribution is -0.134. The third-order valence-electron chi connectivity index (χ3n) is 1.34. The highest BCUT2D eigenvalue weighted by Gasteiger charge is 2.03. The van der Waals surface area contributed by atoms with Gasteiger partial charge >= 0.3 is 0 Å². The zero-order valence-corrected chi connectivity index (χ0v) is 5.35. The molecule has 1 amide bonds. The number of rotatable bonds is 0. The molecule has 0 aromatic heterocycles. The van der Waals surface area contributed by atoms with Gasteiger partial charge in [0, 0.05) is 6.42 Å². The molecule has 0 saturated carbocycles. The minimum absolute atomic E-state index is 0.00898. The molecule has 0 bridgehead atoms. The van der Waals surface area contributed by atoms with Gasteiger partial charge in [0.2, 0.25) is 5.91 Å². The first-order chi connectivity index (χ1) is 4.39. The Bertz CT molecular complexity index is 93.2. The van der Waals surface area contributed by atoms with Gasteiger partial charge in [-0.05, 0) is 12.8 Å². The first-order valence-electron chi connectivity index (χ1n) is 3.30. The summed E-state index contributed by atoms with van der Waals surface area (Å²) in [5.74, 6) is 0.00898. The summed E-state index contributed by atoms with van der Waals surface area (Å²) in [5.41, 5.74) is 2.35. The zero-order chi connectivity index (χ0) is 6.53. The molecule has 0 aliphatic carbocycles. The number of carbonyl (C=O) groups excluding carboxylic acids is 1. The summed E-state index contributed by atoms with van der Waals surface area (Å²) in [5, 5.41) is 0. The van der Waals surface area contributed by atoms with Crippen molar-refractivity contribution in [2.75, 3.05) is 6.61 Å². The Balaban J connectivity index is 2.20. The second-order valence-electron chi connectivity index (χ2n) is 2.18. The summed E-state index contributed by atoms with van der Waals surface area (Å²) in [6.07, 6.45) is 3.77. The van der Waals surface area contributed by atoms with Gasteiger partial charge in [-0.1, -0.05) is 6.42 Å². The highest BCUT2D eigenvalue weighted by molar-refractivity contribution is 5.74. The number of hydrogen-bond donors (Lipinski definition) is 1. The highest BCUT2D eigenvalue weighted by atomic mass is 16.6. The van der Waals surface area contributed by atoms with Crippen LogP contribution in [0.25, 0.3) is 0 Å². The molecule has 1 saturated heterocycles. The summed E-state index contributed by atoms with van der Waals surface area (Å²) in [4.78, 5) is 15.4. The van der Waals surface area contributed by atoms with Crippen molar-refractivity contribution >= 4 is 5.91 Å². The molecular weight excluding hydrogens is 118 g/mol. The second-order valence-corrected chi connectivity index (χ2v) is 2.18. The first kappa shape index (κ1) is 6.55. The van der Waals surface area contributed by atoms with Crippen LogP contribution in [-0.2, 0) is 9.63 Å². The largest absolute Gasteiger partial charge is 0.274 e. The van der Waals surface area contributed by atoms with Gasteiger partial charge in [0.05, 0.1) is 6.61 Å². The van der Waals surface area contributed by atoms with Gasteiger partial charge in [-0.25, -0.2) is 5.48 Å². The van der Waals surface area contributed by atoms with E-state index < -0.39 is 0 Å². The van der Waals surface area contributed by atoms with Crippen molar-refractivity contribution < 1.29 is 9.63 Å². The standard InChI is InChI=1S/C6H11NO2/c8-6-4-2-1-3-5-9-7-6/h1-5H2,(H,7,8). The van der Waals surface area contributed by atoms with E-state index in [-0.39, 0.29) is 5.91 Å². The molecule has 0 aromatic rings. The third kappa shape index (κ3) is 2.46. The van der Waals surface area contributed by atoms with Crippen LogP contribution in [0.1, 0.15) is 25.7 Å². The first-order valence-corrected chi connectivity index (χ1v) is 3.30. The molecule has 1 N–H and O–H groups in total. The zero-order valence-electron chi connectivity index (χ0n) is 5.35. The van der Waals surface area contributed by atoms with Crippen LogP contribution in [0, 0.1) is 0 Å². The van der Waals surface area contributed by atoms with Crippen molar-refractivity contribution in [3.05, 3.63) is 0 Å². The quantitative estimate of drug-likeness (QED) is 0.520. The molecule has 1 fully saturated rings. The Morgan fingerprint density at radius 2 is 2.22 bits per heavy atom. The number of amides is 1. The van der Waals surface area contributed by atoms with Crippen LogP contribution in [0.5, 0.6) is 0 Å². The van der Waals surface area contributed by atoms with Crippen molar-refractivity contribution in [2.45, 2.75) is 25.7 Å². The maximum atomic E-state index is 10.6. The average Bonchev–Trinajstić information content (AvgIpc) is 1.79. The Hall–Kier alpha value is -0.570. The van der Waals surface area contributed by atoms with E-state index in [4.69, 9.17) is 4.84 Å². The Morgan fingerprint density at radius 3 is 3.11 bits per heavy atom. The van der Waals surface area contributed by atoms with Crippen LogP contribution in [0.3, 0.4) is 0 Å². The Kier molecular flexibility index (Phi) is 2.51. The Morgan fingerprint density at radius 1 is 1.33 bits per heavy atom. The van der Waals surface area contributed by atoms with Crippen molar-refractivity contribution in [3.8, 4) is 0 Å². The molecule has 0 spiro atoms. The Labute approximate surface area is 54.3 Å². The number of hydrogen-bond acceptors (Lipinski definition) is 2. The average molecular weight is 129 g/mol. The maximum Gasteiger partial charge on any atom is 0.243 e. The molecule has 3 nitrogen and oxygen atoms in total. The summed E-state index contributed by atoms with van der Waals surface area (Å²) in [7, 11) is 0. The van der Waals surface area contributed by atoms with Crippen LogP contribution >= 0.6 is 0 Å². The van der Waals surface area contributed by atoms with Gasteiger partial charge in [-0.2, -0.15) is 0 Å². The molecule has 1 aliphatic heterocycles. The lowest BCUT2D eigenvalue weighted by atomic mass is 10.2. The fourth-order valence-electron chi connectivity index (χ4n) is 0.819. The van der Waals surface area contributed by atoms with Crippen molar-refractivity contribution in [1.82, 2.24) is 5.48 Å². The SMILES string of the molecule is O=C1CCCCCON1. The summed E-state index contributed by atoms with van der Waals surface area (Å²) in [6.45, 7) is 0.658. The summed E-state index contributed by atoms with van der Waals surface area (Å²) >= 11 is 0. The fourth-order valence-corrected chi connectivity index (χ4v) is 0.819. The topological polar surface area (TPSA) is 38.3 Å². The molecule has 1 heterocycles. The molecule has 0 atom stereocenters. The van der Waals surface area contributed by atoms with E-state index in [9.17, 15) is 4.79 Å². The second kappa shape index (κ2) is 3.45. The molecular formula is C6H11NO2. The van der Waals surface area contributed by atoms with Crippen LogP contribution in [-0.4, -0.2) is 12.5 Å². The molecule has 9 heavy (non-hydrogen) atoms. The third-order valence-corrected chi connectivity index (χ3v) is 1.34. The highest BCUT2D eigenvalue weighted by Crippen LogP contribution is 2.02.